The zero-order valence-electron chi connectivity index (χ0n) is 12.0. The lowest BCUT2D eigenvalue weighted by Crippen LogP contribution is -2.33. The van der Waals surface area contributed by atoms with Gasteiger partial charge in [0, 0.05) is 12.5 Å². The molecule has 0 N–H and O–H groups in total. The van der Waals surface area contributed by atoms with Gasteiger partial charge in [-0.05, 0) is 51.2 Å². The second kappa shape index (κ2) is 5.45. The molecule has 1 fully saturated rings. The summed E-state index contributed by atoms with van der Waals surface area (Å²) in [5, 5.41) is 0.764. The van der Waals surface area contributed by atoms with E-state index in [0.717, 1.165) is 11.7 Å². The lowest BCUT2D eigenvalue weighted by atomic mass is 9.94. The van der Waals surface area contributed by atoms with E-state index in [1.807, 2.05) is 0 Å². The number of rotatable bonds is 2. The highest BCUT2D eigenvalue weighted by Gasteiger charge is 2.29. The lowest BCUT2D eigenvalue weighted by Gasteiger charge is -2.32. The Labute approximate surface area is 121 Å². The summed E-state index contributed by atoms with van der Waals surface area (Å²) in [7, 11) is 0. The molecule has 0 amide bonds. The van der Waals surface area contributed by atoms with Crippen molar-refractivity contribution in [3.05, 3.63) is 16.7 Å². The van der Waals surface area contributed by atoms with Crippen molar-refractivity contribution >= 4 is 11.6 Å². The molecule has 0 bridgehead atoms. The molecule has 2 aliphatic heterocycles. The molecule has 4 heteroatoms. The van der Waals surface area contributed by atoms with Crippen LogP contribution in [-0.2, 0) is 6.54 Å². The lowest BCUT2D eigenvalue weighted by molar-refractivity contribution is 0.216. The Balaban J connectivity index is 1.84. The summed E-state index contributed by atoms with van der Waals surface area (Å²) >= 11 is 6.39. The van der Waals surface area contributed by atoms with Gasteiger partial charge >= 0.3 is 0 Å². The van der Waals surface area contributed by atoms with E-state index in [-0.39, 0.29) is 0 Å². The number of hydrogen-bond acceptors (Lipinski definition) is 2. The van der Waals surface area contributed by atoms with Gasteiger partial charge in [-0.2, -0.15) is 0 Å². The fourth-order valence-corrected chi connectivity index (χ4v) is 4.04. The van der Waals surface area contributed by atoms with Crippen LogP contribution in [0.25, 0.3) is 0 Å². The van der Waals surface area contributed by atoms with E-state index in [1.165, 1.54) is 56.8 Å². The van der Waals surface area contributed by atoms with Crippen LogP contribution in [0.5, 0.6) is 0 Å². The molecule has 1 atom stereocenters. The van der Waals surface area contributed by atoms with Crippen molar-refractivity contribution in [3.63, 3.8) is 0 Å². The van der Waals surface area contributed by atoms with E-state index in [0.29, 0.717) is 11.8 Å². The molecule has 1 unspecified atom stereocenters. The van der Waals surface area contributed by atoms with Crippen LogP contribution in [0.1, 0.15) is 62.9 Å². The molecule has 2 aliphatic rings. The first-order valence-corrected chi connectivity index (χ1v) is 8.06. The Morgan fingerprint density at radius 2 is 1.95 bits per heavy atom. The van der Waals surface area contributed by atoms with Crippen molar-refractivity contribution in [1.29, 1.82) is 0 Å². The summed E-state index contributed by atoms with van der Waals surface area (Å²) in [6.45, 7) is 9.22. The summed E-state index contributed by atoms with van der Waals surface area (Å²) in [6.07, 6.45) is 4.98. The number of imidazole rings is 1. The standard InChI is InChI=1S/C15H24ClN3/c1-3-18-9-6-12(7-10-18)15-17-14(16)13-11(2)5-4-8-19(13)15/h11-12H,3-10H2,1-2H3. The van der Waals surface area contributed by atoms with Gasteiger partial charge in [0.15, 0.2) is 5.15 Å². The van der Waals surface area contributed by atoms with Crippen molar-refractivity contribution in [2.75, 3.05) is 19.6 Å². The van der Waals surface area contributed by atoms with Crippen LogP contribution < -0.4 is 0 Å². The van der Waals surface area contributed by atoms with Crippen LogP contribution in [0.2, 0.25) is 5.15 Å². The number of likely N-dealkylation sites (tertiary alicyclic amines) is 1. The average Bonchev–Trinajstić information content (AvgIpc) is 2.78. The normalized spacial score (nSPS) is 25.5. The van der Waals surface area contributed by atoms with Crippen molar-refractivity contribution < 1.29 is 0 Å². The molecule has 0 aliphatic carbocycles. The largest absolute Gasteiger partial charge is 0.330 e. The quantitative estimate of drug-likeness (QED) is 0.825. The molecule has 0 aromatic carbocycles. The maximum absolute atomic E-state index is 6.39. The third-order valence-corrected chi connectivity index (χ3v) is 5.16. The first-order valence-electron chi connectivity index (χ1n) is 7.68. The fraction of sp³-hybridized carbons (Fsp3) is 0.800. The van der Waals surface area contributed by atoms with Crippen molar-refractivity contribution in [1.82, 2.24) is 14.5 Å². The van der Waals surface area contributed by atoms with Crippen LogP contribution in [0.3, 0.4) is 0 Å². The third kappa shape index (κ3) is 2.43. The first kappa shape index (κ1) is 13.4. The third-order valence-electron chi connectivity index (χ3n) is 4.88. The van der Waals surface area contributed by atoms with Gasteiger partial charge in [-0.15, -0.1) is 0 Å². The van der Waals surface area contributed by atoms with E-state index in [4.69, 9.17) is 16.6 Å². The van der Waals surface area contributed by atoms with Crippen molar-refractivity contribution in [2.45, 2.75) is 57.9 Å². The predicted octanol–water partition coefficient (Wildman–Crippen LogP) is 3.63. The summed E-state index contributed by atoms with van der Waals surface area (Å²) in [5.41, 5.74) is 1.29. The van der Waals surface area contributed by atoms with Gasteiger partial charge in [-0.25, -0.2) is 4.98 Å². The van der Waals surface area contributed by atoms with Crippen LogP contribution in [0, 0.1) is 0 Å². The number of piperidine rings is 1. The predicted molar refractivity (Wildman–Crippen MR) is 79.0 cm³/mol. The fourth-order valence-electron chi connectivity index (χ4n) is 3.67. The monoisotopic (exact) mass is 281 g/mol. The summed E-state index contributed by atoms with van der Waals surface area (Å²) in [6, 6.07) is 0. The summed E-state index contributed by atoms with van der Waals surface area (Å²) in [5.74, 6) is 2.44. The molecule has 0 radical (unpaired) electrons. The number of fused-ring (bicyclic) bond motifs is 1. The molecule has 1 aromatic rings. The number of aromatic nitrogens is 2. The zero-order valence-corrected chi connectivity index (χ0v) is 12.8. The highest BCUT2D eigenvalue weighted by atomic mass is 35.5. The van der Waals surface area contributed by atoms with E-state index in [1.54, 1.807) is 0 Å². The van der Waals surface area contributed by atoms with E-state index in [2.05, 4.69) is 23.3 Å². The van der Waals surface area contributed by atoms with Crippen LogP contribution in [0.15, 0.2) is 0 Å². The van der Waals surface area contributed by atoms with Crippen LogP contribution >= 0.6 is 11.6 Å². The maximum Gasteiger partial charge on any atom is 0.150 e. The van der Waals surface area contributed by atoms with Gasteiger partial charge in [-0.3, -0.25) is 0 Å². The molecule has 0 spiro atoms. The number of halogens is 1. The highest BCUT2D eigenvalue weighted by Crippen LogP contribution is 2.37. The summed E-state index contributed by atoms with van der Waals surface area (Å²) in [4.78, 5) is 7.26. The first-order chi connectivity index (χ1) is 9.20. The Hall–Kier alpha value is -0.540. The van der Waals surface area contributed by atoms with E-state index < -0.39 is 0 Å². The topological polar surface area (TPSA) is 21.1 Å². The van der Waals surface area contributed by atoms with Crippen LogP contribution in [0.4, 0.5) is 0 Å². The number of hydrogen-bond donors (Lipinski definition) is 0. The van der Waals surface area contributed by atoms with E-state index >= 15 is 0 Å². The zero-order chi connectivity index (χ0) is 13.4. The van der Waals surface area contributed by atoms with Gasteiger partial charge < -0.3 is 9.47 Å². The minimum Gasteiger partial charge on any atom is -0.330 e. The molecular formula is C15H24ClN3. The molecule has 3 heterocycles. The van der Waals surface area contributed by atoms with Gasteiger partial charge in [0.05, 0.1) is 5.69 Å². The van der Waals surface area contributed by atoms with Crippen molar-refractivity contribution in [2.24, 2.45) is 0 Å². The summed E-state index contributed by atoms with van der Waals surface area (Å²) < 4.78 is 2.43. The number of nitrogens with zero attached hydrogens (tertiary/aromatic N) is 3. The Morgan fingerprint density at radius 1 is 1.21 bits per heavy atom. The molecule has 3 rings (SSSR count). The minimum atomic E-state index is 0.568. The van der Waals surface area contributed by atoms with Crippen molar-refractivity contribution in [3.8, 4) is 0 Å². The smallest absolute Gasteiger partial charge is 0.150 e. The second-order valence-electron chi connectivity index (χ2n) is 6.05. The Morgan fingerprint density at radius 3 is 2.63 bits per heavy atom. The molecule has 3 nitrogen and oxygen atoms in total. The molecule has 0 saturated carbocycles. The van der Waals surface area contributed by atoms with Gasteiger partial charge in [0.2, 0.25) is 0 Å². The van der Waals surface area contributed by atoms with E-state index in [9.17, 15) is 0 Å². The van der Waals surface area contributed by atoms with Gasteiger partial charge in [-0.1, -0.05) is 25.4 Å². The molecule has 106 valence electrons. The van der Waals surface area contributed by atoms with Gasteiger partial charge in [0.1, 0.15) is 5.82 Å². The minimum absolute atomic E-state index is 0.568. The molecule has 1 aromatic heterocycles. The SMILES string of the molecule is CCN1CCC(c2nc(Cl)c3n2CCCC3C)CC1. The Kier molecular flexibility index (Phi) is 3.86. The average molecular weight is 282 g/mol. The second-order valence-corrected chi connectivity index (χ2v) is 6.41. The molecular weight excluding hydrogens is 258 g/mol. The Bertz CT molecular complexity index is 446. The maximum atomic E-state index is 6.39. The van der Waals surface area contributed by atoms with Gasteiger partial charge in [0.25, 0.3) is 0 Å². The molecule has 1 saturated heterocycles. The molecule has 19 heavy (non-hydrogen) atoms. The van der Waals surface area contributed by atoms with Crippen LogP contribution in [-0.4, -0.2) is 34.1 Å². The highest BCUT2D eigenvalue weighted by molar-refractivity contribution is 6.30.